The molecule has 1 aliphatic heterocycles. The van der Waals surface area contributed by atoms with E-state index in [1.165, 1.54) is 0 Å². The molecule has 0 bridgehead atoms. The summed E-state index contributed by atoms with van der Waals surface area (Å²) in [6, 6.07) is 0. The Bertz CT molecular complexity index is 909. The molecular formula is C15H21N5O9. The van der Waals surface area contributed by atoms with E-state index in [1.807, 2.05) is 0 Å². The highest BCUT2D eigenvalue weighted by Crippen LogP contribution is 2.23. The third-order valence-corrected chi connectivity index (χ3v) is 4.40. The summed E-state index contributed by atoms with van der Waals surface area (Å²) >= 11 is 0. The number of H-pyrrole nitrogens is 1. The van der Waals surface area contributed by atoms with Crippen molar-refractivity contribution in [3.8, 4) is 0 Å². The van der Waals surface area contributed by atoms with E-state index < -0.39 is 61.7 Å². The van der Waals surface area contributed by atoms with Crippen LogP contribution in [0.2, 0.25) is 0 Å². The highest BCUT2D eigenvalue weighted by atomic mass is 16.7. The summed E-state index contributed by atoms with van der Waals surface area (Å²) < 4.78 is 10.3. The van der Waals surface area contributed by atoms with Crippen LogP contribution in [0.4, 0.5) is 5.95 Å². The zero-order valence-electron chi connectivity index (χ0n) is 14.9. The van der Waals surface area contributed by atoms with E-state index >= 15 is 0 Å². The minimum Gasteiger partial charge on any atom is -0.394 e. The first-order valence-corrected chi connectivity index (χ1v) is 8.53. The lowest BCUT2D eigenvalue weighted by Gasteiger charge is -2.39. The Morgan fingerprint density at radius 2 is 1.93 bits per heavy atom. The van der Waals surface area contributed by atoms with Crippen molar-refractivity contribution in [2.75, 3.05) is 18.9 Å². The molecule has 7 unspecified atom stereocenters. The van der Waals surface area contributed by atoms with Crippen LogP contribution < -0.4 is 11.3 Å². The van der Waals surface area contributed by atoms with Crippen molar-refractivity contribution in [1.82, 2.24) is 19.9 Å². The summed E-state index contributed by atoms with van der Waals surface area (Å²) in [5, 5.41) is 58.9. The zero-order valence-corrected chi connectivity index (χ0v) is 14.9. The first-order valence-electron chi connectivity index (χ1n) is 8.53. The molecule has 14 heteroatoms. The number of nitrogens with two attached hydrogens (primary N) is 1. The van der Waals surface area contributed by atoms with Crippen LogP contribution >= 0.6 is 0 Å². The number of fused-ring (bicyclic) bond motifs is 1. The number of aromatic amines is 1. The molecule has 0 amide bonds. The molecule has 7 atom stereocenters. The molecule has 0 radical (unpaired) electrons. The molecule has 160 valence electrons. The van der Waals surface area contributed by atoms with Gasteiger partial charge in [-0.3, -0.25) is 9.78 Å². The van der Waals surface area contributed by atoms with Gasteiger partial charge in [0.25, 0.3) is 5.56 Å². The Kier molecular flexibility index (Phi) is 6.35. The average molecular weight is 415 g/mol. The molecule has 14 nitrogen and oxygen atoms in total. The van der Waals surface area contributed by atoms with Crippen molar-refractivity contribution < 1.29 is 40.1 Å². The highest BCUT2D eigenvalue weighted by molar-refractivity contribution is 5.69. The van der Waals surface area contributed by atoms with E-state index in [0.29, 0.717) is 0 Å². The summed E-state index contributed by atoms with van der Waals surface area (Å²) in [5.41, 5.74) is 4.33. The molecule has 2 aromatic rings. The number of nitrogen functional groups attached to an aromatic ring is 1. The summed E-state index contributed by atoms with van der Waals surface area (Å²) in [6.45, 7) is -1.23. The number of ether oxygens (including phenoxy) is 2. The van der Waals surface area contributed by atoms with Crippen molar-refractivity contribution in [3.05, 3.63) is 22.2 Å². The summed E-state index contributed by atoms with van der Waals surface area (Å²) in [6.07, 6.45) is -9.65. The summed E-state index contributed by atoms with van der Waals surface area (Å²) in [7, 11) is 0. The third-order valence-electron chi connectivity index (χ3n) is 4.40. The van der Waals surface area contributed by atoms with Crippen LogP contribution in [0.15, 0.2) is 11.0 Å². The predicted molar refractivity (Wildman–Crippen MR) is 93.1 cm³/mol. The van der Waals surface area contributed by atoms with Crippen LogP contribution in [0, 0.1) is 0 Å². The number of rotatable bonds is 6. The third kappa shape index (κ3) is 4.34. The number of aliphatic hydroxyl groups is 6. The van der Waals surface area contributed by atoms with E-state index in [4.69, 9.17) is 20.3 Å². The SMILES string of the molecule is Nc1nc2ncc(C(O)C(O)COC3OC(CO)C(O)C(O)C3O)nc2c(=O)[nH]1. The molecule has 1 saturated heterocycles. The van der Waals surface area contributed by atoms with Gasteiger partial charge in [-0.25, -0.2) is 9.97 Å². The first-order chi connectivity index (χ1) is 13.7. The van der Waals surface area contributed by atoms with Crippen molar-refractivity contribution in [3.63, 3.8) is 0 Å². The Balaban J connectivity index is 1.68. The summed E-state index contributed by atoms with van der Waals surface area (Å²) in [4.78, 5) is 25.7. The number of aromatic nitrogens is 4. The van der Waals surface area contributed by atoms with Crippen molar-refractivity contribution >= 4 is 17.1 Å². The standard InChI is InChI=1S/C15H21N5O9/c16-15-19-12-7(13(27)20-15)18-4(1-17-12)8(23)5(22)3-28-14-11(26)10(25)9(24)6(2-21)29-14/h1,5-6,8-11,14,21-26H,2-3H2,(H3,16,17,19,20,27). The van der Waals surface area contributed by atoms with Crippen LogP contribution in [0.5, 0.6) is 0 Å². The van der Waals surface area contributed by atoms with Gasteiger partial charge in [0.1, 0.15) is 36.6 Å². The number of nitrogens with one attached hydrogen (secondary N) is 1. The van der Waals surface area contributed by atoms with Gasteiger partial charge in [0.15, 0.2) is 17.5 Å². The van der Waals surface area contributed by atoms with Gasteiger partial charge in [-0.2, -0.15) is 4.98 Å². The van der Waals surface area contributed by atoms with E-state index in [-0.39, 0.29) is 22.8 Å². The van der Waals surface area contributed by atoms with E-state index in [0.717, 1.165) is 6.20 Å². The molecule has 0 aliphatic carbocycles. The molecule has 0 saturated carbocycles. The van der Waals surface area contributed by atoms with Gasteiger partial charge in [-0.15, -0.1) is 0 Å². The van der Waals surface area contributed by atoms with Crippen LogP contribution in [0.3, 0.4) is 0 Å². The molecule has 1 fully saturated rings. The lowest BCUT2D eigenvalue weighted by molar-refractivity contribution is -0.306. The number of hydrogen-bond acceptors (Lipinski definition) is 13. The fourth-order valence-electron chi connectivity index (χ4n) is 2.78. The van der Waals surface area contributed by atoms with Gasteiger partial charge < -0.3 is 45.8 Å². The molecule has 1 aliphatic rings. The highest BCUT2D eigenvalue weighted by Gasteiger charge is 2.44. The fraction of sp³-hybridized carbons (Fsp3) is 0.600. The van der Waals surface area contributed by atoms with Crippen LogP contribution in [0.25, 0.3) is 11.2 Å². The number of nitrogens with zero attached hydrogens (tertiary/aromatic N) is 3. The monoisotopic (exact) mass is 415 g/mol. The van der Waals surface area contributed by atoms with Crippen LogP contribution in [0.1, 0.15) is 11.8 Å². The first kappa shape index (κ1) is 21.4. The molecule has 0 aromatic carbocycles. The zero-order chi connectivity index (χ0) is 21.3. The number of hydrogen-bond donors (Lipinski definition) is 8. The van der Waals surface area contributed by atoms with Crippen molar-refractivity contribution in [2.24, 2.45) is 0 Å². The van der Waals surface area contributed by atoms with Crippen molar-refractivity contribution in [2.45, 2.75) is 42.9 Å². The maximum atomic E-state index is 11.9. The van der Waals surface area contributed by atoms with Gasteiger partial charge in [0, 0.05) is 0 Å². The minimum absolute atomic E-state index is 0.0470. The largest absolute Gasteiger partial charge is 0.394 e. The van der Waals surface area contributed by atoms with Gasteiger partial charge in [0.2, 0.25) is 5.95 Å². The summed E-state index contributed by atoms with van der Waals surface area (Å²) in [5.74, 6) is -0.155. The normalized spacial score (nSPS) is 29.7. The van der Waals surface area contributed by atoms with Gasteiger partial charge >= 0.3 is 0 Å². The molecule has 2 aromatic heterocycles. The molecular weight excluding hydrogens is 394 g/mol. The van der Waals surface area contributed by atoms with Crippen LogP contribution in [-0.4, -0.2) is 101 Å². The van der Waals surface area contributed by atoms with Crippen molar-refractivity contribution in [1.29, 1.82) is 0 Å². The maximum absolute atomic E-state index is 11.9. The second kappa shape index (κ2) is 8.60. The Morgan fingerprint density at radius 1 is 1.21 bits per heavy atom. The van der Waals surface area contributed by atoms with E-state index in [2.05, 4.69) is 19.9 Å². The number of aliphatic hydroxyl groups excluding tert-OH is 6. The minimum atomic E-state index is -1.66. The lowest BCUT2D eigenvalue weighted by Crippen LogP contribution is -2.59. The van der Waals surface area contributed by atoms with E-state index in [9.17, 15) is 30.3 Å². The Morgan fingerprint density at radius 3 is 2.62 bits per heavy atom. The van der Waals surface area contributed by atoms with Gasteiger partial charge in [0.05, 0.1) is 25.1 Å². The molecule has 3 heterocycles. The average Bonchev–Trinajstić information content (AvgIpc) is 2.70. The van der Waals surface area contributed by atoms with E-state index in [1.54, 1.807) is 0 Å². The molecule has 3 rings (SSSR count). The second-order valence-corrected chi connectivity index (χ2v) is 6.46. The Hall–Kier alpha value is -2.30. The second-order valence-electron chi connectivity index (χ2n) is 6.46. The molecule has 29 heavy (non-hydrogen) atoms. The molecule has 0 spiro atoms. The Labute approximate surface area is 162 Å². The fourth-order valence-corrected chi connectivity index (χ4v) is 2.78. The topological polar surface area (TPSA) is 237 Å². The smallest absolute Gasteiger partial charge is 0.280 e. The van der Waals surface area contributed by atoms with Crippen LogP contribution in [-0.2, 0) is 9.47 Å². The maximum Gasteiger partial charge on any atom is 0.280 e. The van der Waals surface area contributed by atoms with Gasteiger partial charge in [-0.1, -0.05) is 0 Å². The number of anilines is 1. The predicted octanol–water partition coefficient (Wildman–Crippen LogP) is -4.49. The lowest BCUT2D eigenvalue weighted by atomic mass is 9.99. The quantitative estimate of drug-likeness (QED) is 0.222. The molecule has 9 N–H and O–H groups in total. The van der Waals surface area contributed by atoms with Gasteiger partial charge in [-0.05, 0) is 0 Å².